The van der Waals surface area contributed by atoms with E-state index in [4.69, 9.17) is 5.73 Å². The summed E-state index contributed by atoms with van der Waals surface area (Å²) < 4.78 is 0. The average molecular weight is 181 g/mol. The number of rotatable bonds is 2. The van der Waals surface area contributed by atoms with Gasteiger partial charge in [-0.2, -0.15) is 0 Å². The molecule has 1 rings (SSSR count). The highest BCUT2D eigenvalue weighted by Gasteiger charge is 2.18. The first-order valence-corrected chi connectivity index (χ1v) is 3.74. The van der Waals surface area contributed by atoms with E-state index in [0.717, 1.165) is 0 Å². The maximum Gasteiger partial charge on any atom is 0.315 e. The fourth-order valence-corrected chi connectivity index (χ4v) is 1.11. The first kappa shape index (κ1) is 9.31. The van der Waals surface area contributed by atoms with E-state index in [1.807, 2.05) is 0 Å². The van der Waals surface area contributed by atoms with E-state index in [-0.39, 0.29) is 11.4 Å². The van der Waals surface area contributed by atoms with Crippen LogP contribution < -0.4 is 10.6 Å². The number of nitrogens with zero attached hydrogens (tertiary/aromatic N) is 2. The first-order valence-electron chi connectivity index (χ1n) is 3.74. The lowest BCUT2D eigenvalue weighted by molar-refractivity contribution is -0.383. The molecule has 0 unspecified atom stereocenters. The molecular weight excluding hydrogens is 170 g/mol. The molecule has 70 valence electrons. The van der Waals surface area contributed by atoms with Gasteiger partial charge in [0.25, 0.3) is 0 Å². The van der Waals surface area contributed by atoms with E-state index in [2.05, 4.69) is 0 Å². The lowest BCUT2D eigenvalue weighted by Gasteiger charge is -2.12. The molecule has 0 saturated heterocycles. The predicted molar refractivity (Wildman–Crippen MR) is 51.8 cm³/mol. The van der Waals surface area contributed by atoms with Gasteiger partial charge in [-0.1, -0.05) is 6.07 Å². The Balaban J connectivity index is 3.34. The van der Waals surface area contributed by atoms with Crippen LogP contribution in [0.1, 0.15) is 0 Å². The molecule has 0 saturated carbocycles. The topological polar surface area (TPSA) is 72.4 Å². The predicted octanol–water partition coefficient (Wildman–Crippen LogP) is 1.24. The quantitative estimate of drug-likeness (QED) is 0.423. The Kier molecular flexibility index (Phi) is 2.36. The second kappa shape index (κ2) is 3.30. The van der Waals surface area contributed by atoms with Gasteiger partial charge in [0.15, 0.2) is 0 Å². The fourth-order valence-electron chi connectivity index (χ4n) is 1.11. The Morgan fingerprint density at radius 1 is 1.46 bits per heavy atom. The highest BCUT2D eigenvalue weighted by atomic mass is 16.6. The molecule has 0 radical (unpaired) electrons. The van der Waals surface area contributed by atoms with Crippen LogP contribution in [-0.4, -0.2) is 19.0 Å². The van der Waals surface area contributed by atoms with Crippen molar-refractivity contribution in [2.24, 2.45) is 0 Å². The van der Waals surface area contributed by atoms with Gasteiger partial charge in [-0.25, -0.2) is 0 Å². The van der Waals surface area contributed by atoms with Crippen molar-refractivity contribution in [3.8, 4) is 0 Å². The van der Waals surface area contributed by atoms with Crippen molar-refractivity contribution in [1.29, 1.82) is 0 Å². The van der Waals surface area contributed by atoms with E-state index in [9.17, 15) is 10.1 Å². The zero-order valence-electron chi connectivity index (χ0n) is 7.52. The summed E-state index contributed by atoms with van der Waals surface area (Å²) in [4.78, 5) is 11.8. The molecule has 0 aliphatic carbocycles. The van der Waals surface area contributed by atoms with Crippen LogP contribution >= 0.6 is 0 Å². The Morgan fingerprint density at radius 3 is 2.46 bits per heavy atom. The minimum atomic E-state index is -0.468. The number of nitrogens with two attached hydrogens (primary N) is 1. The molecule has 0 aromatic heterocycles. The minimum absolute atomic E-state index is 0.0347. The molecule has 0 fully saturated rings. The highest BCUT2D eigenvalue weighted by Crippen LogP contribution is 2.31. The second-order valence-electron chi connectivity index (χ2n) is 2.87. The van der Waals surface area contributed by atoms with Crippen LogP contribution in [0.3, 0.4) is 0 Å². The average Bonchev–Trinajstić information content (AvgIpc) is 2.02. The van der Waals surface area contributed by atoms with Gasteiger partial charge in [-0.05, 0) is 12.1 Å². The van der Waals surface area contributed by atoms with Crippen molar-refractivity contribution < 1.29 is 4.92 Å². The molecule has 1 aromatic carbocycles. The summed E-state index contributed by atoms with van der Waals surface area (Å²) in [5.41, 5.74) is 6.17. The standard InChI is InChI=1S/C8H11N3O2/c1-10(2)7-5-3-4-6(9)8(7)11(12)13/h3-5H,9H2,1-2H3. The third-order valence-corrected chi connectivity index (χ3v) is 1.71. The number of anilines is 2. The van der Waals surface area contributed by atoms with Crippen molar-refractivity contribution in [2.75, 3.05) is 24.7 Å². The van der Waals surface area contributed by atoms with Crippen LogP contribution in [-0.2, 0) is 0 Å². The van der Waals surface area contributed by atoms with Crippen molar-refractivity contribution in [1.82, 2.24) is 0 Å². The first-order chi connectivity index (χ1) is 6.04. The summed E-state index contributed by atoms with van der Waals surface area (Å²) >= 11 is 0. The highest BCUT2D eigenvalue weighted by molar-refractivity contribution is 5.74. The van der Waals surface area contributed by atoms with Crippen molar-refractivity contribution in [3.05, 3.63) is 28.3 Å². The van der Waals surface area contributed by atoms with E-state index < -0.39 is 4.92 Å². The van der Waals surface area contributed by atoms with Gasteiger partial charge in [0.2, 0.25) is 0 Å². The molecule has 0 aliphatic heterocycles. The minimum Gasteiger partial charge on any atom is -0.393 e. The summed E-state index contributed by atoms with van der Waals surface area (Å²) in [6.45, 7) is 0. The number of hydrogen-bond acceptors (Lipinski definition) is 4. The largest absolute Gasteiger partial charge is 0.393 e. The van der Waals surface area contributed by atoms with Crippen molar-refractivity contribution >= 4 is 17.1 Å². The molecule has 2 N–H and O–H groups in total. The smallest absolute Gasteiger partial charge is 0.315 e. The third kappa shape index (κ3) is 1.69. The lowest BCUT2D eigenvalue weighted by atomic mass is 10.2. The number of nitro groups is 1. The van der Waals surface area contributed by atoms with Crippen molar-refractivity contribution in [3.63, 3.8) is 0 Å². The Morgan fingerprint density at radius 2 is 2.08 bits per heavy atom. The molecular formula is C8H11N3O2. The van der Waals surface area contributed by atoms with Crippen LogP contribution in [0.25, 0.3) is 0 Å². The molecule has 0 heterocycles. The van der Waals surface area contributed by atoms with Gasteiger partial charge in [0.1, 0.15) is 11.4 Å². The van der Waals surface area contributed by atoms with Gasteiger partial charge in [0, 0.05) is 14.1 Å². The second-order valence-corrected chi connectivity index (χ2v) is 2.87. The molecule has 1 aromatic rings. The molecule has 5 nitrogen and oxygen atoms in total. The molecule has 13 heavy (non-hydrogen) atoms. The zero-order chi connectivity index (χ0) is 10.0. The monoisotopic (exact) mass is 181 g/mol. The van der Waals surface area contributed by atoms with E-state index >= 15 is 0 Å². The van der Waals surface area contributed by atoms with Crippen molar-refractivity contribution in [2.45, 2.75) is 0 Å². The maximum absolute atomic E-state index is 10.6. The summed E-state index contributed by atoms with van der Waals surface area (Å²) in [5.74, 6) is 0. The number of para-hydroxylation sites is 1. The Bertz CT molecular complexity index is 336. The molecule has 0 atom stereocenters. The van der Waals surface area contributed by atoms with E-state index in [0.29, 0.717) is 5.69 Å². The zero-order valence-corrected chi connectivity index (χ0v) is 7.52. The van der Waals surface area contributed by atoms with Crippen LogP contribution in [0.4, 0.5) is 17.1 Å². The summed E-state index contributed by atoms with van der Waals surface area (Å²) in [6, 6.07) is 4.87. The molecule has 0 amide bonds. The van der Waals surface area contributed by atoms with E-state index in [1.54, 1.807) is 31.1 Å². The van der Waals surface area contributed by atoms with Crippen LogP contribution in [0, 0.1) is 10.1 Å². The van der Waals surface area contributed by atoms with Gasteiger partial charge in [0.05, 0.1) is 4.92 Å². The van der Waals surface area contributed by atoms with E-state index in [1.165, 1.54) is 6.07 Å². The Labute approximate surface area is 75.9 Å². The molecule has 0 bridgehead atoms. The molecule has 0 aliphatic rings. The van der Waals surface area contributed by atoms with Crippen LogP contribution in [0.5, 0.6) is 0 Å². The van der Waals surface area contributed by atoms with Crippen LogP contribution in [0.2, 0.25) is 0 Å². The number of nitro benzene ring substituents is 1. The number of nitrogen functional groups attached to an aromatic ring is 1. The van der Waals surface area contributed by atoms with Crippen LogP contribution in [0.15, 0.2) is 18.2 Å². The molecule has 0 spiro atoms. The SMILES string of the molecule is CN(C)c1cccc(N)c1[N+](=O)[O-]. The number of benzene rings is 1. The maximum atomic E-state index is 10.6. The Hall–Kier alpha value is -1.78. The third-order valence-electron chi connectivity index (χ3n) is 1.71. The fraction of sp³-hybridized carbons (Fsp3) is 0.250. The van der Waals surface area contributed by atoms with Gasteiger partial charge >= 0.3 is 5.69 Å². The summed E-state index contributed by atoms with van der Waals surface area (Å²) in [5, 5.41) is 10.6. The normalized spacial score (nSPS) is 9.69. The summed E-state index contributed by atoms with van der Waals surface area (Å²) in [7, 11) is 3.48. The summed E-state index contributed by atoms with van der Waals surface area (Å²) in [6.07, 6.45) is 0. The van der Waals surface area contributed by atoms with Gasteiger partial charge in [-0.3, -0.25) is 10.1 Å². The molecule has 5 heteroatoms. The number of hydrogen-bond donors (Lipinski definition) is 1. The lowest BCUT2D eigenvalue weighted by Crippen LogP contribution is -2.11. The van der Waals surface area contributed by atoms with Gasteiger partial charge in [-0.15, -0.1) is 0 Å². The van der Waals surface area contributed by atoms with Gasteiger partial charge < -0.3 is 10.6 Å².